The zero-order chi connectivity index (χ0) is 11.7. The van der Waals surface area contributed by atoms with Crippen molar-refractivity contribution in [1.29, 1.82) is 0 Å². The van der Waals surface area contributed by atoms with Gasteiger partial charge >= 0.3 is 0 Å². The van der Waals surface area contributed by atoms with Gasteiger partial charge in [0.05, 0.1) is 24.4 Å². The van der Waals surface area contributed by atoms with E-state index in [-0.39, 0.29) is 11.5 Å². The van der Waals surface area contributed by atoms with Crippen LogP contribution >= 0.6 is 0 Å². The summed E-state index contributed by atoms with van der Waals surface area (Å²) in [6.07, 6.45) is 1.52. The van der Waals surface area contributed by atoms with E-state index in [4.69, 9.17) is 9.47 Å². The smallest absolute Gasteiger partial charge is 0.177 e. The summed E-state index contributed by atoms with van der Waals surface area (Å²) in [6.45, 7) is 6.31. The van der Waals surface area contributed by atoms with Gasteiger partial charge in [0, 0.05) is 17.1 Å². The molecule has 1 rings (SSSR count). The number of rotatable bonds is 4. The van der Waals surface area contributed by atoms with Crippen LogP contribution in [-0.2, 0) is 25.1 Å². The summed E-state index contributed by atoms with van der Waals surface area (Å²) in [5.74, 6) is -0.925. The SMILES string of the molecule is C[S@](=O)CC(=O)C(C)(C)C1(C)OCCO1. The molecule has 1 saturated heterocycles. The van der Waals surface area contributed by atoms with Gasteiger partial charge in [-0.2, -0.15) is 0 Å². The highest BCUT2D eigenvalue weighted by Crippen LogP contribution is 2.38. The van der Waals surface area contributed by atoms with Crippen LogP contribution in [0.1, 0.15) is 20.8 Å². The van der Waals surface area contributed by atoms with Crippen LogP contribution in [0.25, 0.3) is 0 Å². The Morgan fingerprint density at radius 3 is 2.27 bits per heavy atom. The molecule has 0 aromatic rings. The summed E-state index contributed by atoms with van der Waals surface area (Å²) in [6, 6.07) is 0. The Hall–Kier alpha value is -0.260. The van der Waals surface area contributed by atoms with E-state index in [1.165, 1.54) is 6.26 Å². The van der Waals surface area contributed by atoms with Gasteiger partial charge in [0.25, 0.3) is 0 Å². The Bertz CT molecular complexity index is 279. The first-order valence-electron chi connectivity index (χ1n) is 4.91. The van der Waals surface area contributed by atoms with Gasteiger partial charge in [-0.05, 0) is 20.8 Å². The quantitative estimate of drug-likeness (QED) is 0.719. The fourth-order valence-electron chi connectivity index (χ4n) is 1.49. The Morgan fingerprint density at radius 1 is 1.40 bits per heavy atom. The fourth-order valence-corrected chi connectivity index (χ4v) is 2.22. The Morgan fingerprint density at radius 2 is 1.87 bits per heavy atom. The van der Waals surface area contributed by atoms with Crippen molar-refractivity contribution in [3.63, 3.8) is 0 Å². The number of hydrogen-bond acceptors (Lipinski definition) is 4. The van der Waals surface area contributed by atoms with Gasteiger partial charge in [-0.3, -0.25) is 9.00 Å². The standard InChI is InChI=1S/C10H18O4S/c1-9(2,8(11)7-15(4)12)10(3)13-5-6-14-10/h5-7H2,1-4H3/t15-/m0/s1. The third kappa shape index (κ3) is 2.46. The monoisotopic (exact) mass is 234 g/mol. The van der Waals surface area contributed by atoms with Crippen LogP contribution in [-0.4, -0.2) is 41.0 Å². The molecule has 0 aliphatic carbocycles. The molecule has 0 saturated carbocycles. The van der Waals surface area contributed by atoms with Crippen molar-refractivity contribution in [1.82, 2.24) is 0 Å². The minimum Gasteiger partial charge on any atom is -0.347 e. The summed E-state index contributed by atoms with van der Waals surface area (Å²) < 4.78 is 22.0. The number of carbonyl (C=O) groups excluding carboxylic acids is 1. The molecule has 0 spiro atoms. The molecule has 0 radical (unpaired) electrons. The number of Topliss-reactive ketones (excluding diaryl/α,β-unsaturated/α-hetero) is 1. The fraction of sp³-hybridized carbons (Fsp3) is 0.900. The van der Waals surface area contributed by atoms with E-state index in [1.807, 2.05) is 0 Å². The van der Waals surface area contributed by atoms with E-state index in [0.29, 0.717) is 13.2 Å². The summed E-state index contributed by atoms with van der Waals surface area (Å²) in [7, 11) is -1.12. The molecule has 88 valence electrons. The summed E-state index contributed by atoms with van der Waals surface area (Å²) in [5.41, 5.74) is -0.769. The second kappa shape index (κ2) is 4.31. The van der Waals surface area contributed by atoms with Crippen molar-refractivity contribution in [2.45, 2.75) is 26.6 Å². The topological polar surface area (TPSA) is 52.6 Å². The van der Waals surface area contributed by atoms with Crippen molar-refractivity contribution in [3.8, 4) is 0 Å². The van der Waals surface area contributed by atoms with E-state index in [9.17, 15) is 9.00 Å². The Balaban J connectivity index is 2.80. The summed E-state index contributed by atoms with van der Waals surface area (Å²) in [5, 5.41) is 0. The van der Waals surface area contributed by atoms with Crippen molar-refractivity contribution in [2.24, 2.45) is 5.41 Å². The van der Waals surface area contributed by atoms with E-state index in [2.05, 4.69) is 0 Å². The average molecular weight is 234 g/mol. The number of carbonyl (C=O) groups is 1. The molecule has 0 aromatic heterocycles. The minimum absolute atomic E-state index is 0.0509. The molecule has 15 heavy (non-hydrogen) atoms. The zero-order valence-electron chi connectivity index (χ0n) is 9.66. The maximum absolute atomic E-state index is 11.9. The zero-order valence-corrected chi connectivity index (χ0v) is 10.5. The highest BCUT2D eigenvalue weighted by atomic mass is 32.2. The number of hydrogen-bond donors (Lipinski definition) is 0. The molecule has 4 nitrogen and oxygen atoms in total. The maximum atomic E-state index is 11.9. The third-order valence-electron chi connectivity index (χ3n) is 3.01. The minimum atomic E-state index is -1.12. The molecule has 5 heteroatoms. The lowest BCUT2D eigenvalue weighted by atomic mass is 9.80. The van der Waals surface area contributed by atoms with Gasteiger partial charge < -0.3 is 9.47 Å². The van der Waals surface area contributed by atoms with E-state index in [1.54, 1.807) is 20.8 Å². The average Bonchev–Trinajstić information content (AvgIpc) is 2.52. The summed E-state index contributed by atoms with van der Waals surface area (Å²) in [4.78, 5) is 11.9. The Labute approximate surface area is 92.8 Å². The first-order valence-corrected chi connectivity index (χ1v) is 6.63. The van der Waals surface area contributed by atoms with Gasteiger partial charge in [-0.25, -0.2) is 0 Å². The highest BCUT2D eigenvalue weighted by Gasteiger charge is 2.50. The molecule has 0 bridgehead atoms. The van der Waals surface area contributed by atoms with Crippen LogP contribution in [0.4, 0.5) is 0 Å². The van der Waals surface area contributed by atoms with Crippen LogP contribution in [0.2, 0.25) is 0 Å². The lowest BCUT2D eigenvalue weighted by molar-refractivity contribution is -0.211. The molecule has 1 atom stereocenters. The molecule has 0 amide bonds. The Kier molecular flexibility index (Phi) is 3.68. The molecule has 0 aromatic carbocycles. The lowest BCUT2D eigenvalue weighted by Crippen LogP contribution is -2.49. The van der Waals surface area contributed by atoms with Gasteiger partial charge in [0.2, 0.25) is 0 Å². The van der Waals surface area contributed by atoms with Crippen molar-refractivity contribution >= 4 is 16.6 Å². The molecule has 1 heterocycles. The van der Waals surface area contributed by atoms with Crippen molar-refractivity contribution < 1.29 is 18.5 Å². The van der Waals surface area contributed by atoms with Crippen LogP contribution in [0.5, 0.6) is 0 Å². The number of ketones is 1. The van der Waals surface area contributed by atoms with E-state index < -0.39 is 22.0 Å². The molecule has 1 aliphatic heterocycles. The second-order valence-electron chi connectivity index (χ2n) is 4.41. The first kappa shape index (κ1) is 12.8. The third-order valence-corrected chi connectivity index (χ3v) is 3.67. The van der Waals surface area contributed by atoms with Crippen LogP contribution in [0.3, 0.4) is 0 Å². The van der Waals surface area contributed by atoms with E-state index >= 15 is 0 Å². The predicted molar refractivity (Wildman–Crippen MR) is 58.0 cm³/mol. The van der Waals surface area contributed by atoms with Gasteiger partial charge in [0.15, 0.2) is 11.6 Å². The molecule has 0 N–H and O–H groups in total. The van der Waals surface area contributed by atoms with Gasteiger partial charge in [-0.1, -0.05) is 0 Å². The molecule has 0 unspecified atom stereocenters. The maximum Gasteiger partial charge on any atom is 0.177 e. The largest absolute Gasteiger partial charge is 0.347 e. The van der Waals surface area contributed by atoms with Gasteiger partial charge in [-0.15, -0.1) is 0 Å². The van der Waals surface area contributed by atoms with Crippen LogP contribution < -0.4 is 0 Å². The van der Waals surface area contributed by atoms with Crippen molar-refractivity contribution in [2.75, 3.05) is 25.2 Å². The molecular formula is C10H18O4S. The normalized spacial score (nSPS) is 22.7. The molecule has 1 aliphatic rings. The molecule has 1 fully saturated rings. The first-order chi connectivity index (χ1) is 6.79. The molecular weight excluding hydrogens is 216 g/mol. The van der Waals surface area contributed by atoms with Gasteiger partial charge in [0.1, 0.15) is 0 Å². The highest BCUT2D eigenvalue weighted by molar-refractivity contribution is 7.85. The van der Waals surface area contributed by atoms with E-state index in [0.717, 1.165) is 0 Å². The summed E-state index contributed by atoms with van der Waals surface area (Å²) >= 11 is 0. The lowest BCUT2D eigenvalue weighted by Gasteiger charge is -2.37. The predicted octanol–water partition coefficient (Wildman–Crippen LogP) is 0.723. The second-order valence-corrected chi connectivity index (χ2v) is 5.84. The van der Waals surface area contributed by atoms with Crippen molar-refractivity contribution in [3.05, 3.63) is 0 Å². The number of ether oxygens (including phenoxy) is 2. The van der Waals surface area contributed by atoms with Crippen LogP contribution in [0.15, 0.2) is 0 Å². The van der Waals surface area contributed by atoms with Crippen LogP contribution in [0, 0.1) is 5.41 Å².